The van der Waals surface area contributed by atoms with Gasteiger partial charge in [-0.25, -0.2) is 4.79 Å². The van der Waals surface area contributed by atoms with Crippen LogP contribution in [0.4, 0.5) is 35.2 Å². The van der Waals surface area contributed by atoms with Gasteiger partial charge in [-0.2, -0.15) is 10.1 Å². The molecule has 1 N–H and O–H groups in total. The van der Waals surface area contributed by atoms with Crippen molar-refractivity contribution in [2.75, 3.05) is 27.9 Å². The van der Waals surface area contributed by atoms with Crippen molar-refractivity contribution >= 4 is 52.0 Å². The Morgan fingerprint density at radius 2 is 1.71 bits per heavy atom. The van der Waals surface area contributed by atoms with E-state index in [0.29, 0.717) is 27.9 Å². The van der Waals surface area contributed by atoms with E-state index in [0.717, 1.165) is 34.5 Å². The summed E-state index contributed by atoms with van der Waals surface area (Å²) in [7, 11) is 3.25. The maximum absolute atomic E-state index is 13.3. The number of nitrogens with zero attached hydrogens (tertiary/aromatic N) is 5. The van der Waals surface area contributed by atoms with Crippen molar-refractivity contribution in [3.63, 3.8) is 0 Å². The Hall–Kier alpha value is -5.11. The quantitative estimate of drug-likeness (QED) is 0.215. The Labute approximate surface area is 279 Å². The highest BCUT2D eigenvalue weighted by molar-refractivity contribution is 8.15. The molecule has 0 atom stereocenters. The molecule has 1 aliphatic heterocycles. The zero-order valence-electron chi connectivity index (χ0n) is 27.0. The molecular weight excluding hydrogens is 645 g/mol. The van der Waals surface area contributed by atoms with Crippen LogP contribution in [0.1, 0.15) is 46.8 Å². The predicted molar refractivity (Wildman–Crippen MR) is 181 cm³/mol. The van der Waals surface area contributed by atoms with E-state index in [4.69, 9.17) is 0 Å². The summed E-state index contributed by atoms with van der Waals surface area (Å²) in [6.45, 7) is 7.83. The van der Waals surface area contributed by atoms with Crippen LogP contribution in [0.2, 0.25) is 0 Å². The Kier molecular flexibility index (Phi) is 9.66. The van der Waals surface area contributed by atoms with Crippen molar-refractivity contribution in [1.29, 1.82) is 0 Å². The normalized spacial score (nSPS) is 14.2. The van der Waals surface area contributed by atoms with Gasteiger partial charge >= 0.3 is 12.4 Å². The molecule has 0 radical (unpaired) electrons. The van der Waals surface area contributed by atoms with E-state index in [1.165, 1.54) is 38.4 Å². The number of aliphatic imine (C=N–C) groups is 1. The number of amidine groups is 1. The van der Waals surface area contributed by atoms with Gasteiger partial charge < -0.3 is 10.1 Å². The van der Waals surface area contributed by atoms with Crippen LogP contribution in [0.5, 0.6) is 5.75 Å². The van der Waals surface area contributed by atoms with Gasteiger partial charge in [0.2, 0.25) is 5.91 Å². The lowest BCUT2D eigenvalue weighted by Crippen LogP contribution is -2.32. The Morgan fingerprint density at radius 1 is 1.04 bits per heavy atom. The van der Waals surface area contributed by atoms with Crippen molar-refractivity contribution in [2.45, 2.75) is 40.0 Å². The molecule has 1 aromatic heterocycles. The first-order valence-electron chi connectivity index (χ1n) is 14.9. The monoisotopic (exact) mass is 678 g/mol. The molecule has 0 saturated carbocycles. The first-order valence-corrected chi connectivity index (χ1v) is 15.9. The molecule has 14 heteroatoms. The first-order chi connectivity index (χ1) is 22.6. The summed E-state index contributed by atoms with van der Waals surface area (Å²) in [4.78, 5) is 46.3. The molecule has 4 aromatic rings. The Bertz CT molecular complexity index is 1900. The maximum atomic E-state index is 13.3. The molecule has 5 rings (SSSR count). The van der Waals surface area contributed by atoms with Crippen LogP contribution < -0.4 is 19.9 Å². The van der Waals surface area contributed by atoms with E-state index >= 15 is 0 Å². The van der Waals surface area contributed by atoms with Crippen LogP contribution in [0.15, 0.2) is 71.7 Å². The highest BCUT2D eigenvalue weighted by atomic mass is 32.2. The number of hydrogen-bond acceptors (Lipinski definition) is 6. The molecule has 0 aliphatic carbocycles. The van der Waals surface area contributed by atoms with Gasteiger partial charge in [0.15, 0.2) is 5.17 Å². The fourth-order valence-corrected chi connectivity index (χ4v) is 6.05. The average molecular weight is 679 g/mol. The summed E-state index contributed by atoms with van der Waals surface area (Å²) in [6, 6.07) is 17.0. The number of urea groups is 1. The Morgan fingerprint density at radius 3 is 2.33 bits per heavy atom. The molecule has 4 amide bonds. The molecule has 0 unspecified atom stereocenters. The zero-order valence-corrected chi connectivity index (χ0v) is 27.9. The van der Waals surface area contributed by atoms with E-state index in [9.17, 15) is 27.6 Å². The van der Waals surface area contributed by atoms with Gasteiger partial charge in [-0.05, 0) is 73.4 Å². The third-order valence-corrected chi connectivity index (χ3v) is 8.61. The fourth-order valence-electron chi connectivity index (χ4n) is 5.19. The van der Waals surface area contributed by atoms with Gasteiger partial charge in [-0.15, -0.1) is 13.2 Å². The second-order valence-corrected chi connectivity index (χ2v) is 12.4. The lowest BCUT2D eigenvalue weighted by Gasteiger charge is -2.23. The number of ether oxygens (including phenoxy) is 1. The molecule has 3 aromatic carbocycles. The third kappa shape index (κ3) is 7.38. The van der Waals surface area contributed by atoms with E-state index < -0.39 is 24.1 Å². The number of rotatable bonds is 7. The van der Waals surface area contributed by atoms with Crippen molar-refractivity contribution in [3.8, 4) is 17.0 Å². The number of carbonyl (C=O) groups excluding carboxylic acids is 3. The lowest BCUT2D eigenvalue weighted by atomic mass is 9.99. The highest BCUT2D eigenvalue weighted by Gasteiger charge is 2.33. The minimum absolute atomic E-state index is 0.134. The number of benzene rings is 3. The molecule has 10 nitrogen and oxygen atoms in total. The predicted octanol–water partition coefficient (Wildman–Crippen LogP) is 7.67. The summed E-state index contributed by atoms with van der Waals surface area (Å²) in [6.07, 6.45) is -4.83. The van der Waals surface area contributed by atoms with Crippen molar-refractivity contribution in [3.05, 3.63) is 89.0 Å². The smallest absolute Gasteiger partial charge is 0.406 e. The molecule has 0 spiro atoms. The number of anilines is 3. The van der Waals surface area contributed by atoms with E-state index in [-0.39, 0.29) is 23.1 Å². The Balaban J connectivity index is 1.31. The van der Waals surface area contributed by atoms with Crippen LogP contribution in [0.25, 0.3) is 11.3 Å². The van der Waals surface area contributed by atoms with Crippen molar-refractivity contribution < 1.29 is 32.3 Å². The highest BCUT2D eigenvalue weighted by Crippen LogP contribution is 2.35. The number of thioether (sulfide) groups is 1. The minimum atomic E-state index is -4.83. The van der Waals surface area contributed by atoms with E-state index in [1.54, 1.807) is 45.3 Å². The molecule has 2 heterocycles. The number of amides is 4. The van der Waals surface area contributed by atoms with Gasteiger partial charge in [0.05, 0.1) is 17.1 Å². The molecule has 250 valence electrons. The van der Waals surface area contributed by atoms with E-state index in [1.807, 2.05) is 39.0 Å². The molecule has 1 fully saturated rings. The van der Waals surface area contributed by atoms with Gasteiger partial charge in [-0.1, -0.05) is 49.9 Å². The molecule has 1 saturated heterocycles. The van der Waals surface area contributed by atoms with Crippen LogP contribution in [-0.4, -0.2) is 52.0 Å². The molecular formula is C34H33F3N6O4S. The second kappa shape index (κ2) is 13.6. The number of hydrogen-bond donors (Lipinski definition) is 1. The van der Waals surface area contributed by atoms with Gasteiger partial charge in [0, 0.05) is 36.5 Å². The summed E-state index contributed by atoms with van der Waals surface area (Å²) in [5.74, 6) is -0.355. The van der Waals surface area contributed by atoms with Crippen molar-refractivity contribution in [1.82, 2.24) is 9.78 Å². The summed E-state index contributed by atoms with van der Waals surface area (Å²) in [5.41, 5.74) is 5.37. The van der Waals surface area contributed by atoms with Crippen LogP contribution in [0, 0.1) is 13.8 Å². The number of aromatic nitrogens is 2. The largest absolute Gasteiger partial charge is 0.573 e. The van der Waals surface area contributed by atoms with Gasteiger partial charge in [-0.3, -0.25) is 24.1 Å². The average Bonchev–Trinajstić information content (AvgIpc) is 3.53. The number of alkyl halides is 3. The van der Waals surface area contributed by atoms with Crippen LogP contribution in [0.3, 0.4) is 0 Å². The maximum Gasteiger partial charge on any atom is 0.573 e. The topological polar surface area (TPSA) is 109 Å². The molecule has 1 aliphatic rings. The van der Waals surface area contributed by atoms with Crippen molar-refractivity contribution in [2.24, 2.45) is 12.0 Å². The first kappa shape index (κ1) is 34.2. The summed E-state index contributed by atoms with van der Waals surface area (Å²) < 4.78 is 42.7. The number of carbonyl (C=O) groups is 3. The molecule has 0 bridgehead atoms. The second-order valence-electron chi connectivity index (χ2n) is 11.5. The minimum Gasteiger partial charge on any atom is -0.406 e. The lowest BCUT2D eigenvalue weighted by molar-refractivity contribution is -0.274. The SMILES string of the molecule is Cc1ccc(C(C)C)c(N2C(=O)CSC2=NC(=O)N(C)c2ccc(-c3nn(C)c(NC(=O)c4ccc(OC(F)(F)F)cc4)c3C)cc2)c1. The summed E-state index contributed by atoms with van der Waals surface area (Å²) >= 11 is 1.22. The number of aryl methyl sites for hydroxylation is 2. The standard InChI is InChI=1S/C34H33F3N6O4S/c1-19(2)26-16-7-20(3)17-27(26)43-28(44)18-48-33(43)39-32(46)41(5)24-12-8-22(9-13-24)29-21(4)30(42(6)40-29)38-31(45)23-10-14-25(15-11-23)47-34(35,36)37/h7-17,19H,18H2,1-6H3,(H,38,45). The zero-order chi connectivity index (χ0) is 34.9. The van der Waals surface area contributed by atoms with Gasteiger partial charge in [0.25, 0.3) is 5.91 Å². The van der Waals surface area contributed by atoms with Gasteiger partial charge in [0.1, 0.15) is 11.6 Å². The summed E-state index contributed by atoms with van der Waals surface area (Å²) in [5, 5.41) is 7.63. The fraction of sp³-hybridized carbons (Fsp3) is 0.265. The van der Waals surface area contributed by atoms with Crippen LogP contribution in [-0.2, 0) is 11.8 Å². The third-order valence-electron chi connectivity index (χ3n) is 7.69. The molecule has 48 heavy (non-hydrogen) atoms. The number of halogens is 3. The van der Waals surface area contributed by atoms with Crippen LogP contribution >= 0.6 is 11.8 Å². The number of nitrogens with one attached hydrogen (secondary N) is 1. The van der Waals surface area contributed by atoms with E-state index in [2.05, 4.69) is 20.1 Å².